The van der Waals surface area contributed by atoms with Crippen LogP contribution in [0.3, 0.4) is 0 Å². The Kier molecular flexibility index (Phi) is 6.83. The topological polar surface area (TPSA) is 50.8 Å². The molecule has 5 nitrogen and oxygen atoms in total. The molecule has 134 valence electrons. The minimum atomic E-state index is -0.200. The first-order chi connectivity index (χ1) is 12.1. The number of nitrogens with zero attached hydrogens (tertiary/aromatic N) is 1. The maximum Gasteiger partial charge on any atom is 0.255 e. The maximum atomic E-state index is 12.5. The molecule has 0 spiro atoms. The lowest BCUT2D eigenvalue weighted by molar-refractivity contribution is 0.102. The molecule has 0 aliphatic heterocycles. The summed E-state index contributed by atoms with van der Waals surface area (Å²) in [5.41, 5.74) is 2.48. The van der Waals surface area contributed by atoms with Crippen molar-refractivity contribution in [2.24, 2.45) is 0 Å². The van der Waals surface area contributed by atoms with Crippen LogP contribution in [0.1, 0.15) is 29.8 Å². The third-order valence-electron chi connectivity index (χ3n) is 4.13. The van der Waals surface area contributed by atoms with Gasteiger partial charge in [-0.15, -0.1) is 0 Å². The maximum absolute atomic E-state index is 12.5. The molecular formula is C20H26N2O3. The highest BCUT2D eigenvalue weighted by Crippen LogP contribution is 2.23. The average Bonchev–Trinajstić information content (AvgIpc) is 2.66. The van der Waals surface area contributed by atoms with Gasteiger partial charge in [-0.05, 0) is 42.9 Å². The van der Waals surface area contributed by atoms with Crippen LogP contribution in [0.5, 0.6) is 11.5 Å². The van der Waals surface area contributed by atoms with Crippen molar-refractivity contribution < 1.29 is 14.3 Å². The van der Waals surface area contributed by atoms with Crippen LogP contribution < -0.4 is 14.8 Å². The van der Waals surface area contributed by atoms with Crippen LogP contribution in [-0.4, -0.2) is 38.1 Å². The minimum Gasteiger partial charge on any atom is -0.497 e. The molecule has 25 heavy (non-hydrogen) atoms. The zero-order valence-electron chi connectivity index (χ0n) is 15.3. The van der Waals surface area contributed by atoms with Crippen molar-refractivity contribution in [1.29, 1.82) is 0 Å². The highest BCUT2D eigenvalue weighted by molar-refractivity contribution is 6.04. The molecule has 0 aliphatic carbocycles. The van der Waals surface area contributed by atoms with Crippen molar-refractivity contribution >= 4 is 11.6 Å². The summed E-state index contributed by atoms with van der Waals surface area (Å²) in [6, 6.07) is 13.0. The molecule has 0 heterocycles. The molecule has 5 heteroatoms. The number of carbonyl (C=O) groups excluding carboxylic acids is 1. The Morgan fingerprint density at radius 3 is 2.00 bits per heavy atom. The molecule has 2 rings (SSSR count). The van der Waals surface area contributed by atoms with Gasteiger partial charge in [-0.1, -0.05) is 26.0 Å². The molecule has 0 saturated heterocycles. The predicted molar refractivity (Wildman–Crippen MR) is 101 cm³/mol. The molecule has 0 radical (unpaired) electrons. The van der Waals surface area contributed by atoms with E-state index in [4.69, 9.17) is 9.47 Å². The first kappa shape index (κ1) is 18.8. The van der Waals surface area contributed by atoms with Crippen LogP contribution in [0.2, 0.25) is 0 Å². The molecule has 1 N–H and O–H groups in total. The zero-order valence-corrected chi connectivity index (χ0v) is 15.3. The summed E-state index contributed by atoms with van der Waals surface area (Å²) >= 11 is 0. The fraction of sp³-hybridized carbons (Fsp3) is 0.350. The summed E-state index contributed by atoms with van der Waals surface area (Å²) in [7, 11) is 3.12. The lowest BCUT2D eigenvalue weighted by Crippen LogP contribution is -2.22. The molecule has 0 atom stereocenters. The zero-order chi connectivity index (χ0) is 18.2. The lowest BCUT2D eigenvalue weighted by atomic mass is 10.1. The molecule has 0 bridgehead atoms. The summed E-state index contributed by atoms with van der Waals surface area (Å²) in [4.78, 5) is 14.8. The Morgan fingerprint density at radius 2 is 1.52 bits per heavy atom. The summed E-state index contributed by atoms with van der Waals surface area (Å²) in [5.74, 6) is 0.965. The number of benzene rings is 2. The number of hydrogen-bond donors (Lipinski definition) is 1. The van der Waals surface area contributed by atoms with Gasteiger partial charge in [0.15, 0.2) is 0 Å². The number of methoxy groups -OCH3 is 2. The second-order valence-electron chi connectivity index (χ2n) is 5.71. The quantitative estimate of drug-likeness (QED) is 0.793. The number of ether oxygens (including phenoxy) is 2. The number of hydrogen-bond acceptors (Lipinski definition) is 4. The summed E-state index contributed by atoms with van der Waals surface area (Å²) in [6.45, 7) is 7.26. The summed E-state index contributed by atoms with van der Waals surface area (Å²) in [6.07, 6.45) is 0. The van der Waals surface area contributed by atoms with Crippen molar-refractivity contribution in [2.75, 3.05) is 32.6 Å². The first-order valence-corrected chi connectivity index (χ1v) is 8.45. The SMILES string of the molecule is CCN(CC)Cc1ccc(NC(=O)c2cc(OC)cc(OC)c2)cc1. The lowest BCUT2D eigenvalue weighted by Gasteiger charge is -2.18. The van der Waals surface area contributed by atoms with E-state index in [0.717, 1.165) is 25.3 Å². The molecule has 0 aromatic heterocycles. The van der Waals surface area contributed by atoms with Gasteiger partial charge in [0.2, 0.25) is 0 Å². The van der Waals surface area contributed by atoms with E-state index in [-0.39, 0.29) is 5.91 Å². The van der Waals surface area contributed by atoms with E-state index in [1.165, 1.54) is 5.56 Å². The number of amides is 1. The second kappa shape index (κ2) is 9.08. The van der Waals surface area contributed by atoms with Gasteiger partial charge in [0, 0.05) is 23.9 Å². The molecular weight excluding hydrogens is 316 g/mol. The highest BCUT2D eigenvalue weighted by Gasteiger charge is 2.10. The Morgan fingerprint density at radius 1 is 0.960 bits per heavy atom. The highest BCUT2D eigenvalue weighted by atomic mass is 16.5. The Hall–Kier alpha value is -2.53. The molecule has 0 fully saturated rings. The average molecular weight is 342 g/mol. The molecule has 1 amide bonds. The molecule has 0 saturated carbocycles. The van der Waals surface area contributed by atoms with Crippen molar-refractivity contribution in [3.63, 3.8) is 0 Å². The second-order valence-corrected chi connectivity index (χ2v) is 5.71. The van der Waals surface area contributed by atoms with Crippen LogP contribution >= 0.6 is 0 Å². The van der Waals surface area contributed by atoms with Crippen LogP contribution in [-0.2, 0) is 6.54 Å². The van der Waals surface area contributed by atoms with Gasteiger partial charge < -0.3 is 14.8 Å². The molecule has 2 aromatic rings. The molecule has 0 aliphatic rings. The van der Waals surface area contributed by atoms with E-state index >= 15 is 0 Å². The van der Waals surface area contributed by atoms with E-state index in [0.29, 0.717) is 17.1 Å². The van der Waals surface area contributed by atoms with Crippen molar-refractivity contribution in [3.8, 4) is 11.5 Å². The van der Waals surface area contributed by atoms with E-state index in [1.807, 2.05) is 24.3 Å². The Labute approximate surface area is 149 Å². The van der Waals surface area contributed by atoms with Gasteiger partial charge in [0.1, 0.15) is 11.5 Å². The van der Waals surface area contributed by atoms with Crippen LogP contribution in [0.4, 0.5) is 5.69 Å². The van der Waals surface area contributed by atoms with E-state index in [2.05, 4.69) is 24.1 Å². The number of carbonyl (C=O) groups is 1. The van der Waals surface area contributed by atoms with Crippen molar-refractivity contribution in [1.82, 2.24) is 4.90 Å². The van der Waals surface area contributed by atoms with Gasteiger partial charge in [-0.2, -0.15) is 0 Å². The van der Waals surface area contributed by atoms with Crippen molar-refractivity contribution in [3.05, 3.63) is 53.6 Å². The fourth-order valence-corrected chi connectivity index (χ4v) is 2.54. The summed E-state index contributed by atoms with van der Waals surface area (Å²) in [5, 5.41) is 2.91. The molecule has 0 unspecified atom stereocenters. The van der Waals surface area contributed by atoms with E-state index in [1.54, 1.807) is 32.4 Å². The predicted octanol–water partition coefficient (Wildman–Crippen LogP) is 3.80. The van der Waals surface area contributed by atoms with Crippen LogP contribution in [0.25, 0.3) is 0 Å². The number of rotatable bonds is 8. The van der Waals surface area contributed by atoms with Crippen LogP contribution in [0, 0.1) is 0 Å². The fourth-order valence-electron chi connectivity index (χ4n) is 2.54. The third-order valence-corrected chi connectivity index (χ3v) is 4.13. The normalized spacial score (nSPS) is 10.6. The van der Waals surface area contributed by atoms with Gasteiger partial charge in [-0.25, -0.2) is 0 Å². The number of nitrogens with one attached hydrogen (secondary N) is 1. The van der Waals surface area contributed by atoms with Gasteiger partial charge in [0.25, 0.3) is 5.91 Å². The van der Waals surface area contributed by atoms with E-state index in [9.17, 15) is 4.79 Å². The van der Waals surface area contributed by atoms with E-state index < -0.39 is 0 Å². The van der Waals surface area contributed by atoms with Crippen LogP contribution in [0.15, 0.2) is 42.5 Å². The van der Waals surface area contributed by atoms with Crippen molar-refractivity contribution in [2.45, 2.75) is 20.4 Å². The van der Waals surface area contributed by atoms with Gasteiger partial charge in [-0.3, -0.25) is 9.69 Å². The van der Waals surface area contributed by atoms with Gasteiger partial charge >= 0.3 is 0 Å². The summed E-state index contributed by atoms with van der Waals surface area (Å²) < 4.78 is 10.4. The Bertz CT molecular complexity index is 672. The first-order valence-electron chi connectivity index (χ1n) is 8.45. The standard InChI is InChI=1S/C20H26N2O3/c1-5-22(6-2)14-15-7-9-17(10-8-15)21-20(23)16-11-18(24-3)13-19(12-16)25-4/h7-13H,5-6,14H2,1-4H3,(H,21,23). The monoisotopic (exact) mass is 342 g/mol. The molecule has 2 aromatic carbocycles. The number of anilines is 1. The van der Waals surface area contributed by atoms with Gasteiger partial charge in [0.05, 0.1) is 14.2 Å². The minimum absolute atomic E-state index is 0.200. The smallest absolute Gasteiger partial charge is 0.255 e. The largest absolute Gasteiger partial charge is 0.497 e. The third kappa shape index (κ3) is 5.22. The Balaban J connectivity index is 2.08.